The van der Waals surface area contributed by atoms with Crippen LogP contribution in [0.25, 0.3) is 11.2 Å². The fourth-order valence-electron chi connectivity index (χ4n) is 10.0. The van der Waals surface area contributed by atoms with E-state index in [4.69, 9.17) is 0 Å². The number of hydrogen-bond donors (Lipinski definition) is 4. The Morgan fingerprint density at radius 2 is 1.50 bits per heavy atom. The predicted octanol–water partition coefficient (Wildman–Crippen LogP) is 2.80. The van der Waals surface area contributed by atoms with Crippen LogP contribution in [0.15, 0.2) is 85.5 Å². The lowest BCUT2D eigenvalue weighted by molar-refractivity contribution is -0.136. The molecule has 3 aromatic carbocycles. The second kappa shape index (κ2) is 19.5. The first-order valence-corrected chi connectivity index (χ1v) is 23.6. The van der Waals surface area contributed by atoms with Crippen molar-refractivity contribution in [2.24, 2.45) is 0 Å². The monoisotopic (exact) mass is 921 g/mol. The van der Waals surface area contributed by atoms with E-state index in [1.165, 1.54) is 11.8 Å². The molecule has 19 nitrogen and oxygen atoms in total. The van der Waals surface area contributed by atoms with Crippen LogP contribution < -0.4 is 26.2 Å². The summed E-state index contributed by atoms with van der Waals surface area (Å²) in [6.45, 7) is 8.56. The average Bonchev–Trinajstić information content (AvgIpc) is 3.88. The summed E-state index contributed by atoms with van der Waals surface area (Å²) in [4.78, 5) is 100. The fourth-order valence-corrected chi connectivity index (χ4v) is 10.0. The number of imide groups is 2. The zero-order valence-electron chi connectivity index (χ0n) is 37.8. The number of carbonyl (C=O) groups excluding carboxylic acids is 6. The van der Waals surface area contributed by atoms with Gasteiger partial charge in [0.15, 0.2) is 17.0 Å². The lowest BCUT2D eigenvalue weighted by Crippen LogP contribution is -2.54. The number of fused-ring (bicyclic) bond motifs is 2. The SMILES string of the molecule is O=C1CC[C@H](N2C(=O)c3cccc(NCC(=O)N4CCN(CCCN5CCN(c6ccc(Nc7ncnc8c7ncn8C7CC(NC(=O)Cc8ccccc8)C7)cc6)CC5)CC4)c3C2=O)C(=O)N1. The van der Waals surface area contributed by atoms with Crippen molar-refractivity contribution in [3.8, 4) is 0 Å². The molecule has 10 rings (SSSR count). The Labute approximate surface area is 393 Å². The summed E-state index contributed by atoms with van der Waals surface area (Å²) in [5, 5.41) is 11.9. The van der Waals surface area contributed by atoms with E-state index in [-0.39, 0.29) is 54.4 Å². The van der Waals surface area contributed by atoms with Gasteiger partial charge in [-0.15, -0.1) is 0 Å². The molecule has 0 spiro atoms. The molecule has 6 heterocycles. The van der Waals surface area contributed by atoms with Crippen LogP contribution >= 0.6 is 0 Å². The van der Waals surface area contributed by atoms with Crippen molar-refractivity contribution in [1.82, 2.24) is 49.8 Å². The Morgan fingerprint density at radius 1 is 0.765 bits per heavy atom. The molecule has 19 heteroatoms. The number of piperidine rings is 1. The number of amides is 6. The molecule has 1 atom stereocenters. The Bertz CT molecular complexity index is 2710. The van der Waals surface area contributed by atoms with E-state index >= 15 is 0 Å². The standard InChI is InChI=1S/C49H55N13O6/c63-40-15-14-39(47(66)56-40)62-48(67)37-8-4-9-38(43(37)49(62)68)50-29-42(65)60-24-20-58(21-25-60)17-5-16-57-18-22-59(23-19-57)35-12-10-33(11-13-35)55-45-44-46(52-30-51-45)61(31-53-44)36-27-34(28-36)54-41(64)26-32-6-2-1-3-7-32/h1-4,6-13,30-31,34,36,39,50H,5,14-29H2,(H,54,64)(H,51,52,55)(H,56,63,66)/t34?,36?,39-/m0/s1. The summed E-state index contributed by atoms with van der Waals surface area (Å²) in [5.74, 6) is -1.69. The van der Waals surface area contributed by atoms with Crippen molar-refractivity contribution in [2.45, 2.75) is 56.7 Å². The van der Waals surface area contributed by atoms with Crippen LogP contribution in [0.5, 0.6) is 0 Å². The molecule has 0 bridgehead atoms. The molecule has 3 saturated heterocycles. The molecule has 6 amide bonds. The first-order chi connectivity index (χ1) is 33.1. The van der Waals surface area contributed by atoms with Crippen LogP contribution in [-0.4, -0.2) is 159 Å². The Kier molecular flexibility index (Phi) is 12.8. The molecule has 68 heavy (non-hydrogen) atoms. The topological polar surface area (TPSA) is 210 Å². The first-order valence-electron chi connectivity index (χ1n) is 23.6. The van der Waals surface area contributed by atoms with Gasteiger partial charge in [0.2, 0.25) is 23.6 Å². The number of imidazole rings is 1. The molecule has 352 valence electrons. The third-order valence-electron chi connectivity index (χ3n) is 13.9. The van der Waals surface area contributed by atoms with Gasteiger partial charge in [0, 0.05) is 87.9 Å². The fraction of sp³-hybridized carbons (Fsp3) is 0.408. The number of rotatable bonds is 15. The molecule has 5 aliphatic rings. The van der Waals surface area contributed by atoms with Gasteiger partial charge < -0.3 is 30.3 Å². The maximum atomic E-state index is 13.4. The number of nitrogens with zero attached hydrogens (tertiary/aromatic N) is 9. The van der Waals surface area contributed by atoms with Crippen molar-refractivity contribution in [1.29, 1.82) is 0 Å². The second-order valence-electron chi connectivity index (χ2n) is 18.2. The van der Waals surface area contributed by atoms with E-state index in [1.54, 1.807) is 18.5 Å². The zero-order chi connectivity index (χ0) is 46.7. The number of anilines is 4. The van der Waals surface area contributed by atoms with Gasteiger partial charge in [-0.3, -0.25) is 48.8 Å². The third kappa shape index (κ3) is 9.48. The maximum absolute atomic E-state index is 13.4. The smallest absolute Gasteiger partial charge is 0.264 e. The van der Waals surface area contributed by atoms with Crippen molar-refractivity contribution >= 4 is 69.5 Å². The first kappa shape index (κ1) is 44.6. The summed E-state index contributed by atoms with van der Waals surface area (Å²) >= 11 is 0. The summed E-state index contributed by atoms with van der Waals surface area (Å²) in [6, 6.07) is 22.3. The molecule has 1 aliphatic carbocycles. The largest absolute Gasteiger partial charge is 0.375 e. The number of piperazine rings is 2. The van der Waals surface area contributed by atoms with Gasteiger partial charge in [0.25, 0.3) is 11.8 Å². The van der Waals surface area contributed by atoms with Crippen LogP contribution in [0.4, 0.5) is 22.9 Å². The number of carbonyl (C=O) groups is 6. The highest BCUT2D eigenvalue weighted by Gasteiger charge is 2.45. The van der Waals surface area contributed by atoms with Crippen molar-refractivity contribution < 1.29 is 28.8 Å². The van der Waals surface area contributed by atoms with E-state index in [0.717, 1.165) is 93.4 Å². The van der Waals surface area contributed by atoms with Gasteiger partial charge in [-0.2, -0.15) is 0 Å². The van der Waals surface area contributed by atoms with Gasteiger partial charge in [0.1, 0.15) is 12.4 Å². The van der Waals surface area contributed by atoms with E-state index < -0.39 is 29.7 Å². The Morgan fingerprint density at radius 3 is 2.24 bits per heavy atom. The normalized spacial score (nSPS) is 21.1. The van der Waals surface area contributed by atoms with Gasteiger partial charge in [0.05, 0.1) is 30.4 Å². The number of hydrogen-bond acceptors (Lipinski definition) is 14. The van der Waals surface area contributed by atoms with E-state index in [2.05, 4.69) is 79.8 Å². The van der Waals surface area contributed by atoms with E-state index in [9.17, 15) is 28.8 Å². The quantitative estimate of drug-likeness (QED) is 0.111. The number of nitrogens with one attached hydrogen (secondary N) is 4. The average molecular weight is 922 g/mol. The molecule has 4 N–H and O–H groups in total. The lowest BCUT2D eigenvalue weighted by atomic mass is 9.86. The molecule has 4 fully saturated rings. The van der Waals surface area contributed by atoms with Crippen molar-refractivity contribution in [3.05, 3.63) is 102 Å². The van der Waals surface area contributed by atoms with E-state index in [0.29, 0.717) is 36.5 Å². The van der Waals surface area contributed by atoms with Crippen LogP contribution in [-0.2, 0) is 25.6 Å². The van der Waals surface area contributed by atoms with Crippen molar-refractivity contribution in [3.63, 3.8) is 0 Å². The second-order valence-corrected chi connectivity index (χ2v) is 18.2. The Hall–Kier alpha value is -7.25. The van der Waals surface area contributed by atoms with Crippen LogP contribution in [0.1, 0.15) is 64.4 Å². The lowest BCUT2D eigenvalue weighted by Gasteiger charge is -2.37. The van der Waals surface area contributed by atoms with Gasteiger partial charge in [-0.05, 0) is 80.7 Å². The predicted molar refractivity (Wildman–Crippen MR) is 253 cm³/mol. The molecule has 1 saturated carbocycles. The maximum Gasteiger partial charge on any atom is 0.264 e. The van der Waals surface area contributed by atoms with E-state index in [1.807, 2.05) is 41.6 Å². The molecule has 4 aliphatic heterocycles. The summed E-state index contributed by atoms with van der Waals surface area (Å²) in [7, 11) is 0. The number of benzene rings is 3. The minimum atomic E-state index is -1.05. The van der Waals surface area contributed by atoms with Crippen LogP contribution in [0, 0.1) is 0 Å². The highest BCUT2D eigenvalue weighted by atomic mass is 16.2. The molecular weight excluding hydrogens is 867 g/mol. The van der Waals surface area contributed by atoms with Gasteiger partial charge >= 0.3 is 0 Å². The highest BCUT2D eigenvalue weighted by molar-refractivity contribution is 6.25. The number of aromatic nitrogens is 4. The molecule has 5 aromatic rings. The van der Waals surface area contributed by atoms with Gasteiger partial charge in [-0.25, -0.2) is 15.0 Å². The zero-order valence-corrected chi connectivity index (χ0v) is 37.8. The molecular formula is C49H55N13O6. The molecule has 0 unspecified atom stereocenters. The minimum absolute atomic E-state index is 0.0363. The molecule has 2 aromatic heterocycles. The van der Waals surface area contributed by atoms with Crippen LogP contribution in [0.2, 0.25) is 0 Å². The van der Waals surface area contributed by atoms with Gasteiger partial charge in [-0.1, -0.05) is 36.4 Å². The Balaban J connectivity index is 0.624. The third-order valence-corrected chi connectivity index (χ3v) is 13.9. The summed E-state index contributed by atoms with van der Waals surface area (Å²) in [5.41, 5.74) is 5.26. The van der Waals surface area contributed by atoms with Crippen molar-refractivity contribution in [2.75, 3.05) is 87.5 Å². The summed E-state index contributed by atoms with van der Waals surface area (Å²) in [6.07, 6.45) is 6.59. The molecule has 0 radical (unpaired) electrons. The highest BCUT2D eigenvalue weighted by Crippen LogP contribution is 2.36. The summed E-state index contributed by atoms with van der Waals surface area (Å²) < 4.78 is 2.09. The minimum Gasteiger partial charge on any atom is -0.375 e. The van der Waals surface area contributed by atoms with Crippen LogP contribution in [0.3, 0.4) is 0 Å².